The van der Waals surface area contributed by atoms with Crippen LogP contribution in [0.25, 0.3) is 0 Å². The summed E-state index contributed by atoms with van der Waals surface area (Å²) >= 11 is 0. The molecule has 5 amide bonds. The second-order valence-electron chi connectivity index (χ2n) is 28.9. The number of carbonyl (C=O) groups excluding carboxylic acids is 5. The molecule has 0 aliphatic carbocycles. The lowest BCUT2D eigenvalue weighted by molar-refractivity contribution is -0.381. The highest BCUT2D eigenvalue weighted by Crippen LogP contribution is 2.40. The van der Waals surface area contributed by atoms with Crippen molar-refractivity contribution < 1.29 is 227 Å². The Hall–Kier alpha value is -4.29. The molecule has 0 aromatic rings. The predicted octanol–water partition coefficient (Wildman–Crippen LogP) is -19.9. The molecule has 664 valence electrons. The van der Waals surface area contributed by atoms with Gasteiger partial charge in [0, 0.05) is 34.6 Å². The number of hydrogen-bond donors (Lipinski definition) is 29. The van der Waals surface area contributed by atoms with Crippen molar-refractivity contribution in [2.24, 2.45) is 0 Å². The Morgan fingerprint density at radius 1 is 0.226 bits per heavy atom. The number of ether oxygens (including phenoxy) is 17. The first-order valence-electron chi connectivity index (χ1n) is 36.6. The molecule has 0 radical (unpaired) electrons. The van der Waals surface area contributed by atoms with E-state index in [1.807, 2.05) is 0 Å². The van der Waals surface area contributed by atoms with Gasteiger partial charge in [0.15, 0.2) is 56.6 Å². The van der Waals surface area contributed by atoms with Gasteiger partial charge in [0.25, 0.3) is 0 Å². The average molecular weight is 1680 g/mol. The highest BCUT2D eigenvalue weighted by atomic mass is 16.8. The lowest BCUT2D eigenvalue weighted by Crippen LogP contribution is -2.71. The zero-order valence-corrected chi connectivity index (χ0v) is 62.1. The van der Waals surface area contributed by atoms with Crippen molar-refractivity contribution in [1.82, 2.24) is 26.6 Å². The van der Waals surface area contributed by atoms with E-state index >= 15 is 0 Å². The van der Waals surface area contributed by atoms with Crippen molar-refractivity contribution in [3.63, 3.8) is 0 Å². The quantitative estimate of drug-likeness (QED) is 0.0318. The zero-order chi connectivity index (χ0) is 84.8. The first-order valence-corrected chi connectivity index (χ1v) is 36.6. The van der Waals surface area contributed by atoms with Crippen LogP contribution in [0.5, 0.6) is 0 Å². The van der Waals surface area contributed by atoms with Gasteiger partial charge in [0.05, 0.1) is 59.5 Å². The molecule has 51 nitrogen and oxygen atoms in total. The fourth-order valence-electron chi connectivity index (χ4n) is 14.9. The SMILES string of the molecule is CC(=O)N[C@@H]1[C@@H](O[C@@H]2O[C@H](CO)[C@@H](O[C@@H]3O[C@H](CO)[C@H](O)[C@H](O[C@@H]4O[C@H](CO)[C@@H](O[C@@H]5O[C@H](CO)[C@H](O)[C@H](O)[C@H]5O)[C@H](O)[C@H]4NC(C)=O)[C@H]3O)[C@H](O)[C@H]2NC(C)=O)[C@@H](O)[C@@H](CO[C@@H]2O[C@H](CO)[C@@H](O[C@@H]3O[C@H](CO)[C@H](O)[C@H](O[C@@H]4O[C@H](CO)[C@@H](O[C@@H]5O[C@H](CO)[C@H](O)[C@H](O)[C@H]5O)[C@H](O)[C@H]4NC(C)=O)[C@H]3O)[C@H](O)[C@H]2NC(C)=O)O[C@@H]1O. The van der Waals surface area contributed by atoms with Crippen LogP contribution in [0.1, 0.15) is 34.6 Å². The molecule has 51 heteroatoms. The Balaban J connectivity index is 0.889. The molecule has 0 saturated carbocycles. The predicted molar refractivity (Wildman–Crippen MR) is 355 cm³/mol. The van der Waals surface area contributed by atoms with Gasteiger partial charge >= 0.3 is 0 Å². The van der Waals surface area contributed by atoms with E-state index in [4.69, 9.17) is 80.5 Å². The molecule has 0 bridgehead atoms. The van der Waals surface area contributed by atoms with Crippen molar-refractivity contribution >= 4 is 29.5 Å². The number of aliphatic hydroxyl groups is 24. The largest absolute Gasteiger partial charge is 0.394 e. The Labute approximate surface area is 651 Å². The summed E-state index contributed by atoms with van der Waals surface area (Å²) < 4.78 is 99.5. The standard InChI is InChI=1S/C64H107N5O46/c1-15(78)65-29-39(88)49(111-63-47(96)54(36(85)22(8-72)103-63)114-59-31(67-17(3)80)41(90)50(25(11-75)107-59)109-61-45(94)43(92)34(83)20(6-70)101-61)24(10-74)105-57(29)99-14-28-38(87)53(33(56(98)100-28)69-19(5)82)113-58-30(66-16(2)79)40(89)52(27(13-77)106-58)112-64-48(97)55(37(86)23(9-73)104-64)115-60-32(68-18(4)81)42(91)51(26(12-76)108-60)110-62-46(95)44(93)35(84)21(7-71)102-62/h20-64,70-77,83-98H,6-14H2,1-5H3,(H,65,78)(H,66,79)(H,67,80)(H,68,81)(H,69,82)/t20-,21-,22-,23-,24-,25-,26-,27-,28-,29-,30-,31-,32-,33-,34+,35+,36+,37+,38+,39-,40-,41-,42-,43+,44+,45-,46-,47-,48-,49-,50-,51-,52-,53-,54+,55+,56+,57-,58+,59+,60+,61+,62+,63+,64+/m1/s1. The van der Waals surface area contributed by atoms with E-state index in [1.165, 1.54) is 0 Å². The summed E-state index contributed by atoms with van der Waals surface area (Å²) in [4.78, 5) is 64.0. The van der Waals surface area contributed by atoms with Crippen LogP contribution in [0.4, 0.5) is 0 Å². The number of carbonyl (C=O) groups is 5. The molecule has 9 rings (SSSR count). The Kier molecular flexibility index (Phi) is 34.1. The van der Waals surface area contributed by atoms with Crippen LogP contribution in [-0.4, -0.2) is 488 Å². The molecule has 115 heavy (non-hydrogen) atoms. The van der Waals surface area contributed by atoms with Crippen molar-refractivity contribution in [3.05, 3.63) is 0 Å². The van der Waals surface area contributed by atoms with Gasteiger partial charge in [-0.05, 0) is 0 Å². The van der Waals surface area contributed by atoms with Gasteiger partial charge in [-0.2, -0.15) is 0 Å². The van der Waals surface area contributed by atoms with E-state index < -0.39 is 365 Å². The third kappa shape index (κ3) is 21.3. The van der Waals surface area contributed by atoms with Gasteiger partial charge in [-0.3, -0.25) is 24.0 Å². The van der Waals surface area contributed by atoms with Crippen LogP contribution in [-0.2, 0) is 104 Å². The fourth-order valence-corrected chi connectivity index (χ4v) is 14.9. The number of nitrogens with one attached hydrogen (secondary N) is 5. The minimum Gasteiger partial charge on any atom is -0.394 e. The first kappa shape index (κ1) is 94.6. The third-order valence-electron chi connectivity index (χ3n) is 20.8. The summed E-state index contributed by atoms with van der Waals surface area (Å²) in [5.41, 5.74) is 0. The second kappa shape index (κ2) is 41.5. The van der Waals surface area contributed by atoms with E-state index in [9.17, 15) is 147 Å². The van der Waals surface area contributed by atoms with Crippen LogP contribution in [0, 0.1) is 0 Å². The molecule has 9 heterocycles. The maximum absolute atomic E-state index is 13.0. The summed E-state index contributed by atoms with van der Waals surface area (Å²) in [6.07, 6.45) is -78.9. The molecule has 0 aromatic carbocycles. The van der Waals surface area contributed by atoms with Crippen molar-refractivity contribution in [1.29, 1.82) is 0 Å². The number of aliphatic hydroxyl groups excluding tert-OH is 24. The van der Waals surface area contributed by atoms with E-state index in [-0.39, 0.29) is 0 Å². The van der Waals surface area contributed by atoms with Crippen LogP contribution >= 0.6 is 0 Å². The number of amides is 5. The number of hydrogen-bond acceptors (Lipinski definition) is 46. The highest BCUT2D eigenvalue weighted by molar-refractivity contribution is 5.75. The molecule has 0 spiro atoms. The summed E-state index contributed by atoms with van der Waals surface area (Å²) in [5.74, 6) is -4.47. The normalized spacial score (nSPS) is 47.9. The van der Waals surface area contributed by atoms with Gasteiger partial charge in [0.1, 0.15) is 219 Å². The Morgan fingerprint density at radius 2 is 0.452 bits per heavy atom. The molecule has 45 atom stereocenters. The lowest BCUT2D eigenvalue weighted by Gasteiger charge is -2.51. The van der Waals surface area contributed by atoms with Gasteiger partial charge < -0.3 is 230 Å². The maximum Gasteiger partial charge on any atom is 0.217 e. The van der Waals surface area contributed by atoms with Crippen molar-refractivity contribution in [3.8, 4) is 0 Å². The lowest BCUT2D eigenvalue weighted by atomic mass is 9.93. The third-order valence-corrected chi connectivity index (χ3v) is 20.8. The fraction of sp³-hybridized carbons (Fsp3) is 0.922. The van der Waals surface area contributed by atoms with Crippen LogP contribution < -0.4 is 26.6 Å². The molecule has 29 N–H and O–H groups in total. The summed E-state index contributed by atoms with van der Waals surface area (Å²) in [5, 5.41) is 276. The summed E-state index contributed by atoms with van der Waals surface area (Å²) in [7, 11) is 0. The van der Waals surface area contributed by atoms with E-state index in [0.29, 0.717) is 0 Å². The zero-order valence-electron chi connectivity index (χ0n) is 62.1. The molecule has 9 aliphatic heterocycles. The van der Waals surface area contributed by atoms with Crippen LogP contribution in [0.2, 0.25) is 0 Å². The van der Waals surface area contributed by atoms with E-state index in [1.54, 1.807) is 0 Å². The van der Waals surface area contributed by atoms with Crippen LogP contribution in [0.3, 0.4) is 0 Å². The Bertz CT molecular complexity index is 3100. The molecular formula is C64H107N5O46. The number of rotatable bonds is 30. The van der Waals surface area contributed by atoms with Gasteiger partial charge in [-0.1, -0.05) is 0 Å². The maximum atomic E-state index is 13.0. The topological polar surface area (TPSA) is 788 Å². The van der Waals surface area contributed by atoms with Crippen molar-refractivity contribution in [2.45, 2.75) is 311 Å². The monoisotopic (exact) mass is 1680 g/mol. The first-order chi connectivity index (χ1) is 54.4. The summed E-state index contributed by atoms with van der Waals surface area (Å²) in [6, 6.07) is -9.17. The molecule has 0 aromatic heterocycles. The minimum atomic E-state index is -2.31. The molecular weight excluding hydrogens is 1570 g/mol. The van der Waals surface area contributed by atoms with Crippen molar-refractivity contribution in [2.75, 3.05) is 59.5 Å². The highest BCUT2D eigenvalue weighted by Gasteiger charge is 2.61. The van der Waals surface area contributed by atoms with E-state index in [0.717, 1.165) is 34.6 Å². The summed E-state index contributed by atoms with van der Waals surface area (Å²) in [6.45, 7) is -4.44. The second-order valence-corrected chi connectivity index (χ2v) is 28.9. The smallest absolute Gasteiger partial charge is 0.217 e. The minimum absolute atomic E-state index is 0.869. The average Bonchev–Trinajstić information content (AvgIpc) is 0.772. The molecule has 9 fully saturated rings. The molecule has 9 aliphatic rings. The van der Waals surface area contributed by atoms with Gasteiger partial charge in [0.2, 0.25) is 29.5 Å². The van der Waals surface area contributed by atoms with Crippen LogP contribution in [0.15, 0.2) is 0 Å². The molecule has 9 saturated heterocycles. The molecule has 0 unspecified atom stereocenters. The Morgan fingerprint density at radius 3 is 0.739 bits per heavy atom. The van der Waals surface area contributed by atoms with E-state index in [2.05, 4.69) is 26.6 Å². The van der Waals surface area contributed by atoms with Gasteiger partial charge in [-0.15, -0.1) is 0 Å². The van der Waals surface area contributed by atoms with Gasteiger partial charge in [-0.25, -0.2) is 0 Å².